The van der Waals surface area contributed by atoms with Crippen molar-refractivity contribution in [3.63, 3.8) is 0 Å². The summed E-state index contributed by atoms with van der Waals surface area (Å²) in [5, 5.41) is 5.20. The van der Waals surface area contributed by atoms with Gasteiger partial charge in [0, 0.05) is 5.02 Å². The van der Waals surface area contributed by atoms with E-state index < -0.39 is 0 Å². The maximum Gasteiger partial charge on any atom is 0.277 e. The first-order valence-corrected chi connectivity index (χ1v) is 7.56. The highest BCUT2D eigenvalue weighted by molar-refractivity contribution is 7.10. The Labute approximate surface area is 137 Å². The summed E-state index contributed by atoms with van der Waals surface area (Å²) in [6.07, 6.45) is 0. The van der Waals surface area contributed by atoms with Gasteiger partial charge in [-0.05, 0) is 49.6 Å². The van der Waals surface area contributed by atoms with Gasteiger partial charge in [-0.3, -0.25) is 4.79 Å². The van der Waals surface area contributed by atoms with Crippen molar-refractivity contribution < 1.29 is 9.53 Å². The molecule has 8 heteroatoms. The van der Waals surface area contributed by atoms with Crippen LogP contribution >= 0.6 is 23.1 Å². The third-order valence-electron chi connectivity index (χ3n) is 2.78. The maximum absolute atomic E-state index is 11.7. The van der Waals surface area contributed by atoms with Crippen LogP contribution in [0.25, 0.3) is 0 Å². The summed E-state index contributed by atoms with van der Waals surface area (Å²) in [7, 11) is 0. The normalized spacial score (nSPS) is 11.3. The Morgan fingerprint density at radius 3 is 2.73 bits per heavy atom. The molecule has 6 nitrogen and oxygen atoms in total. The summed E-state index contributed by atoms with van der Waals surface area (Å²) in [6.45, 7) is 3.45. The van der Waals surface area contributed by atoms with E-state index in [9.17, 15) is 4.79 Å². The molecule has 0 bridgehead atoms. The van der Waals surface area contributed by atoms with Crippen LogP contribution in [-0.4, -0.2) is 22.6 Å². The monoisotopic (exact) mass is 338 g/mol. The van der Waals surface area contributed by atoms with Crippen molar-refractivity contribution in [1.82, 2.24) is 9.80 Å². The Kier molecular flexibility index (Phi) is 5.35. The third kappa shape index (κ3) is 4.19. The van der Waals surface area contributed by atoms with Crippen molar-refractivity contribution in [2.75, 3.05) is 12.3 Å². The first-order valence-electron chi connectivity index (χ1n) is 6.41. The van der Waals surface area contributed by atoms with Gasteiger partial charge in [0.05, 0.1) is 17.0 Å². The fourth-order valence-corrected chi connectivity index (χ4v) is 2.58. The van der Waals surface area contributed by atoms with E-state index in [1.807, 2.05) is 6.92 Å². The molecule has 1 amide bonds. The number of aromatic nitrogens is 1. The Balaban J connectivity index is 1.89. The summed E-state index contributed by atoms with van der Waals surface area (Å²) in [4.78, 5) is 11.7. The smallest absolute Gasteiger partial charge is 0.277 e. The molecule has 3 N–H and O–H groups in total. The number of hydrogen-bond acceptors (Lipinski definition) is 6. The molecule has 0 saturated heterocycles. The van der Waals surface area contributed by atoms with Crippen LogP contribution in [0.4, 0.5) is 5.00 Å². The molecule has 116 valence electrons. The summed E-state index contributed by atoms with van der Waals surface area (Å²) < 4.78 is 9.45. The van der Waals surface area contributed by atoms with E-state index in [1.165, 1.54) is 11.5 Å². The highest BCUT2D eigenvalue weighted by atomic mass is 35.5. The van der Waals surface area contributed by atoms with Crippen LogP contribution in [0.15, 0.2) is 29.4 Å². The van der Waals surface area contributed by atoms with Gasteiger partial charge in [0.25, 0.3) is 5.91 Å². The number of anilines is 1. The van der Waals surface area contributed by atoms with Gasteiger partial charge >= 0.3 is 0 Å². The number of nitrogens with zero attached hydrogens (tertiary/aromatic N) is 2. The zero-order chi connectivity index (χ0) is 16.1. The zero-order valence-electron chi connectivity index (χ0n) is 12.1. The summed E-state index contributed by atoms with van der Waals surface area (Å²) >= 11 is 6.97. The lowest BCUT2D eigenvalue weighted by Gasteiger charge is -2.06. The summed E-state index contributed by atoms with van der Waals surface area (Å²) in [6, 6.07) is 6.74. The Bertz CT molecular complexity index is 678. The minimum absolute atomic E-state index is 0.144. The molecular formula is C14H15ClN4O2S. The van der Waals surface area contributed by atoms with Gasteiger partial charge in [0.15, 0.2) is 6.61 Å². The molecule has 0 spiro atoms. The van der Waals surface area contributed by atoms with Gasteiger partial charge in [-0.1, -0.05) is 11.6 Å². The van der Waals surface area contributed by atoms with Gasteiger partial charge < -0.3 is 10.5 Å². The number of halogens is 1. The summed E-state index contributed by atoms with van der Waals surface area (Å²) in [5.41, 5.74) is 10.4. The van der Waals surface area contributed by atoms with Crippen molar-refractivity contribution in [2.45, 2.75) is 13.8 Å². The molecule has 1 heterocycles. The minimum Gasteiger partial charge on any atom is -0.484 e. The molecule has 0 fully saturated rings. The molecule has 0 unspecified atom stereocenters. The molecule has 0 aliphatic rings. The first kappa shape index (κ1) is 16.3. The predicted octanol–water partition coefficient (Wildman–Crippen LogP) is 2.61. The number of hydrogen-bond donors (Lipinski definition) is 2. The SMILES string of the molecule is C/C(=N/NC(=O)COc1ccc(Cl)cc1)c1c(C)nsc1N. The average Bonchev–Trinajstić information content (AvgIpc) is 2.83. The molecule has 2 aromatic rings. The van der Waals surface area contributed by atoms with E-state index >= 15 is 0 Å². The largest absolute Gasteiger partial charge is 0.484 e. The van der Waals surface area contributed by atoms with E-state index in [0.717, 1.165) is 11.3 Å². The second-order valence-corrected chi connectivity index (χ2v) is 5.72. The topological polar surface area (TPSA) is 89.6 Å². The van der Waals surface area contributed by atoms with Crippen molar-refractivity contribution in [3.05, 3.63) is 40.5 Å². The molecule has 0 aliphatic heterocycles. The molecule has 22 heavy (non-hydrogen) atoms. The second kappa shape index (κ2) is 7.24. The number of carbonyl (C=O) groups is 1. The first-order chi connectivity index (χ1) is 10.5. The standard InChI is InChI=1S/C14H15ClN4O2S/c1-8(13-9(2)19-22-14(13)16)17-18-12(20)7-21-11-5-3-10(15)4-6-11/h3-6H,7,16H2,1-2H3,(H,18,20)/b17-8-. The number of benzene rings is 1. The van der Waals surface area contributed by atoms with Crippen molar-refractivity contribution in [3.8, 4) is 5.75 Å². The zero-order valence-corrected chi connectivity index (χ0v) is 13.7. The fourth-order valence-electron chi connectivity index (χ4n) is 1.74. The molecule has 1 aromatic heterocycles. The minimum atomic E-state index is -0.367. The van der Waals surface area contributed by atoms with Crippen LogP contribution in [0, 0.1) is 6.92 Å². The van der Waals surface area contributed by atoms with Crippen LogP contribution < -0.4 is 15.9 Å². The number of aryl methyl sites for hydroxylation is 1. The lowest BCUT2D eigenvalue weighted by molar-refractivity contribution is -0.123. The number of nitrogen functional groups attached to an aromatic ring is 1. The number of carbonyl (C=O) groups excluding carboxylic acids is 1. The van der Waals surface area contributed by atoms with Crippen LogP contribution in [0.5, 0.6) is 5.75 Å². The number of ether oxygens (including phenoxy) is 1. The molecule has 1 aromatic carbocycles. The number of nitrogens with one attached hydrogen (secondary N) is 1. The molecule has 2 rings (SSSR count). The highest BCUT2D eigenvalue weighted by Crippen LogP contribution is 2.21. The number of amides is 1. The number of rotatable bonds is 5. The van der Waals surface area contributed by atoms with E-state index in [1.54, 1.807) is 31.2 Å². The average molecular weight is 339 g/mol. The molecule has 0 atom stereocenters. The van der Waals surface area contributed by atoms with E-state index in [2.05, 4.69) is 14.9 Å². The fraction of sp³-hybridized carbons (Fsp3) is 0.214. The molecular weight excluding hydrogens is 324 g/mol. The van der Waals surface area contributed by atoms with E-state index in [0.29, 0.717) is 21.5 Å². The van der Waals surface area contributed by atoms with Crippen LogP contribution in [-0.2, 0) is 4.79 Å². The van der Waals surface area contributed by atoms with Gasteiger partial charge in [0.2, 0.25) is 0 Å². The Morgan fingerprint density at radius 1 is 1.45 bits per heavy atom. The lowest BCUT2D eigenvalue weighted by Crippen LogP contribution is -2.25. The molecule has 0 aliphatic carbocycles. The van der Waals surface area contributed by atoms with E-state index in [-0.39, 0.29) is 12.5 Å². The summed E-state index contributed by atoms with van der Waals surface area (Å²) in [5.74, 6) is 0.191. The number of hydrazone groups is 1. The number of nitrogens with two attached hydrogens (primary N) is 1. The van der Waals surface area contributed by atoms with Crippen molar-refractivity contribution in [1.29, 1.82) is 0 Å². The maximum atomic E-state index is 11.7. The van der Waals surface area contributed by atoms with Crippen molar-refractivity contribution in [2.24, 2.45) is 5.10 Å². The molecule has 0 saturated carbocycles. The van der Waals surface area contributed by atoms with Crippen LogP contribution in [0.1, 0.15) is 18.2 Å². The van der Waals surface area contributed by atoms with Crippen molar-refractivity contribution >= 4 is 39.8 Å². The van der Waals surface area contributed by atoms with E-state index in [4.69, 9.17) is 22.1 Å². The lowest BCUT2D eigenvalue weighted by atomic mass is 10.2. The van der Waals surface area contributed by atoms with Gasteiger partial charge in [-0.15, -0.1) is 0 Å². The third-order valence-corrected chi connectivity index (χ3v) is 3.80. The van der Waals surface area contributed by atoms with Gasteiger partial charge in [0.1, 0.15) is 10.8 Å². The second-order valence-electron chi connectivity index (χ2n) is 4.48. The van der Waals surface area contributed by atoms with Gasteiger partial charge in [-0.25, -0.2) is 5.43 Å². The predicted molar refractivity (Wildman–Crippen MR) is 88.6 cm³/mol. The van der Waals surface area contributed by atoms with Gasteiger partial charge in [-0.2, -0.15) is 9.47 Å². The Hall–Kier alpha value is -2.12. The van der Waals surface area contributed by atoms with Crippen LogP contribution in [0.2, 0.25) is 5.02 Å². The highest BCUT2D eigenvalue weighted by Gasteiger charge is 2.11. The van der Waals surface area contributed by atoms with Crippen LogP contribution in [0.3, 0.4) is 0 Å². The quantitative estimate of drug-likeness (QED) is 0.647. The molecule has 0 radical (unpaired) electrons. The Morgan fingerprint density at radius 2 is 2.14 bits per heavy atom.